The average molecular weight is 318 g/mol. The van der Waals surface area contributed by atoms with Gasteiger partial charge in [0.15, 0.2) is 5.60 Å². The molecule has 1 atom stereocenters. The van der Waals surface area contributed by atoms with Crippen LogP contribution in [0.3, 0.4) is 0 Å². The Morgan fingerprint density at radius 1 is 1.30 bits per heavy atom. The summed E-state index contributed by atoms with van der Waals surface area (Å²) in [7, 11) is 0. The number of nitrogens with zero attached hydrogens (tertiary/aromatic N) is 3. The zero-order chi connectivity index (χ0) is 16.4. The molecule has 2 amide bonds. The lowest BCUT2D eigenvalue weighted by Gasteiger charge is -2.38. The van der Waals surface area contributed by atoms with Crippen LogP contribution in [-0.2, 0) is 9.53 Å². The van der Waals surface area contributed by atoms with Gasteiger partial charge in [0, 0.05) is 31.4 Å². The first-order chi connectivity index (χ1) is 11.0. The maximum Gasteiger partial charge on any atom is 0.254 e. The molecule has 1 aromatic rings. The van der Waals surface area contributed by atoms with E-state index in [4.69, 9.17) is 10.5 Å². The van der Waals surface area contributed by atoms with Gasteiger partial charge in [-0.15, -0.1) is 0 Å². The average Bonchev–Trinajstić information content (AvgIpc) is 3.09. The molecule has 2 N–H and O–H groups in total. The minimum absolute atomic E-state index is 0.122. The fraction of sp³-hybridized carbons (Fsp3) is 0.562. The van der Waals surface area contributed by atoms with Crippen LogP contribution in [0.5, 0.6) is 0 Å². The van der Waals surface area contributed by atoms with Gasteiger partial charge in [-0.3, -0.25) is 9.59 Å². The quantitative estimate of drug-likeness (QED) is 0.871. The molecular weight excluding hydrogens is 296 g/mol. The Balaban J connectivity index is 1.77. The van der Waals surface area contributed by atoms with E-state index in [0.717, 1.165) is 31.7 Å². The first kappa shape index (κ1) is 15.7. The molecule has 0 aromatic carbocycles. The molecule has 2 aliphatic heterocycles. The lowest BCUT2D eigenvalue weighted by molar-refractivity contribution is -0.150. The van der Waals surface area contributed by atoms with E-state index in [1.165, 1.54) is 0 Å². The lowest BCUT2D eigenvalue weighted by atomic mass is 10.0. The van der Waals surface area contributed by atoms with E-state index in [-0.39, 0.29) is 12.5 Å². The van der Waals surface area contributed by atoms with Gasteiger partial charge in [0.2, 0.25) is 0 Å². The molecule has 1 aromatic heterocycles. The first-order valence-electron chi connectivity index (χ1n) is 7.94. The second-order valence-electron chi connectivity index (χ2n) is 6.27. The van der Waals surface area contributed by atoms with Crippen LogP contribution in [0.2, 0.25) is 0 Å². The molecule has 0 spiro atoms. The summed E-state index contributed by atoms with van der Waals surface area (Å²) in [6.07, 6.45) is 3.97. The van der Waals surface area contributed by atoms with Gasteiger partial charge in [-0.1, -0.05) is 0 Å². The van der Waals surface area contributed by atoms with Gasteiger partial charge in [0.25, 0.3) is 11.8 Å². The second kappa shape index (κ2) is 6.16. The van der Waals surface area contributed by atoms with Gasteiger partial charge >= 0.3 is 0 Å². The van der Waals surface area contributed by atoms with E-state index in [2.05, 4.69) is 9.88 Å². The van der Waals surface area contributed by atoms with Crippen molar-refractivity contribution in [1.29, 1.82) is 0 Å². The van der Waals surface area contributed by atoms with E-state index >= 15 is 0 Å². The highest BCUT2D eigenvalue weighted by atomic mass is 16.5. The summed E-state index contributed by atoms with van der Waals surface area (Å²) in [6.45, 7) is 4.49. The normalized spacial score (nSPS) is 24.7. The van der Waals surface area contributed by atoms with Crippen molar-refractivity contribution in [2.24, 2.45) is 5.73 Å². The van der Waals surface area contributed by atoms with Crippen LogP contribution in [0.4, 0.5) is 5.82 Å². The van der Waals surface area contributed by atoms with E-state index in [0.29, 0.717) is 18.7 Å². The molecule has 2 fully saturated rings. The molecule has 7 nitrogen and oxygen atoms in total. The molecule has 0 aliphatic carbocycles. The van der Waals surface area contributed by atoms with E-state index < -0.39 is 11.5 Å². The van der Waals surface area contributed by atoms with Gasteiger partial charge in [-0.05, 0) is 31.9 Å². The Hall–Kier alpha value is -2.15. The van der Waals surface area contributed by atoms with E-state index in [1.807, 2.05) is 6.07 Å². The van der Waals surface area contributed by atoms with Crippen LogP contribution in [0, 0.1) is 0 Å². The number of morpholine rings is 1. The summed E-state index contributed by atoms with van der Waals surface area (Å²) in [4.78, 5) is 32.5. The molecule has 3 heterocycles. The zero-order valence-corrected chi connectivity index (χ0v) is 13.3. The molecule has 1 unspecified atom stereocenters. The van der Waals surface area contributed by atoms with Crippen molar-refractivity contribution < 1.29 is 14.3 Å². The van der Waals surface area contributed by atoms with Gasteiger partial charge in [0.1, 0.15) is 5.82 Å². The summed E-state index contributed by atoms with van der Waals surface area (Å²) in [5.41, 5.74) is 4.84. The Labute approximate surface area is 135 Å². The number of amides is 2. The van der Waals surface area contributed by atoms with E-state index in [1.54, 1.807) is 24.1 Å². The summed E-state index contributed by atoms with van der Waals surface area (Å²) in [5, 5.41) is 0. The van der Waals surface area contributed by atoms with Crippen molar-refractivity contribution in [3.63, 3.8) is 0 Å². The highest BCUT2D eigenvalue weighted by molar-refractivity contribution is 5.95. The molecule has 2 saturated heterocycles. The molecule has 2 aliphatic rings. The minimum Gasteiger partial charge on any atom is -0.367 e. The first-order valence-corrected chi connectivity index (χ1v) is 7.94. The number of hydrogen-bond acceptors (Lipinski definition) is 5. The number of nitrogens with two attached hydrogens (primary N) is 1. The van der Waals surface area contributed by atoms with Crippen molar-refractivity contribution in [3.05, 3.63) is 23.9 Å². The van der Waals surface area contributed by atoms with Crippen LogP contribution in [0.1, 0.15) is 30.1 Å². The summed E-state index contributed by atoms with van der Waals surface area (Å²) in [6, 6.07) is 3.53. The standard InChI is InChI=1S/C16H22N4O3/c1-16(15(17)22)11-20(8-9-23-16)14(21)12-4-5-18-13(10-12)19-6-2-3-7-19/h4-5,10H,2-3,6-9,11H2,1H3,(H2,17,22). The number of ether oxygens (including phenoxy) is 1. The molecule has 0 saturated carbocycles. The SMILES string of the molecule is CC1(C(N)=O)CN(C(=O)c2ccnc(N3CCCC3)c2)CCO1. The Morgan fingerprint density at radius 2 is 2.04 bits per heavy atom. The van der Waals surface area contributed by atoms with Crippen molar-refractivity contribution in [3.8, 4) is 0 Å². The number of primary amides is 1. The summed E-state index contributed by atoms with van der Waals surface area (Å²) >= 11 is 0. The predicted molar refractivity (Wildman–Crippen MR) is 85.1 cm³/mol. The number of pyridine rings is 1. The van der Waals surface area contributed by atoms with Crippen LogP contribution >= 0.6 is 0 Å². The van der Waals surface area contributed by atoms with Crippen LogP contribution < -0.4 is 10.6 Å². The maximum atomic E-state index is 12.7. The molecule has 0 bridgehead atoms. The number of anilines is 1. The smallest absolute Gasteiger partial charge is 0.254 e. The molecule has 0 radical (unpaired) electrons. The molecular formula is C16H22N4O3. The monoisotopic (exact) mass is 318 g/mol. The van der Waals surface area contributed by atoms with Crippen LogP contribution in [-0.4, -0.2) is 60.1 Å². The largest absolute Gasteiger partial charge is 0.367 e. The molecule has 23 heavy (non-hydrogen) atoms. The van der Waals surface area contributed by atoms with Gasteiger partial charge < -0.3 is 20.3 Å². The van der Waals surface area contributed by atoms with Crippen molar-refractivity contribution >= 4 is 17.6 Å². The van der Waals surface area contributed by atoms with E-state index in [9.17, 15) is 9.59 Å². The zero-order valence-electron chi connectivity index (χ0n) is 13.3. The molecule has 7 heteroatoms. The van der Waals surface area contributed by atoms with Gasteiger partial charge in [0.05, 0.1) is 13.2 Å². The topological polar surface area (TPSA) is 88.8 Å². The third-order valence-corrected chi connectivity index (χ3v) is 4.51. The Kier molecular flexibility index (Phi) is 4.21. The summed E-state index contributed by atoms with van der Waals surface area (Å²) in [5.74, 6) is 0.158. The van der Waals surface area contributed by atoms with Crippen LogP contribution in [0.25, 0.3) is 0 Å². The van der Waals surface area contributed by atoms with Gasteiger partial charge in [-0.2, -0.15) is 0 Å². The maximum absolute atomic E-state index is 12.7. The van der Waals surface area contributed by atoms with Crippen molar-refractivity contribution in [2.45, 2.75) is 25.4 Å². The lowest BCUT2D eigenvalue weighted by Crippen LogP contribution is -2.58. The molecule has 3 rings (SSSR count). The van der Waals surface area contributed by atoms with Gasteiger partial charge in [-0.25, -0.2) is 4.98 Å². The van der Waals surface area contributed by atoms with Crippen molar-refractivity contribution in [1.82, 2.24) is 9.88 Å². The van der Waals surface area contributed by atoms with Crippen LogP contribution in [0.15, 0.2) is 18.3 Å². The number of carbonyl (C=O) groups is 2. The number of rotatable bonds is 3. The predicted octanol–water partition coefficient (Wildman–Crippen LogP) is 0.398. The fourth-order valence-electron chi connectivity index (χ4n) is 3.05. The number of hydrogen-bond donors (Lipinski definition) is 1. The number of aromatic nitrogens is 1. The number of carbonyl (C=O) groups excluding carboxylic acids is 2. The third-order valence-electron chi connectivity index (χ3n) is 4.51. The van der Waals surface area contributed by atoms with Crippen molar-refractivity contribution in [2.75, 3.05) is 37.7 Å². The fourth-order valence-corrected chi connectivity index (χ4v) is 3.05. The Bertz CT molecular complexity index is 615. The highest BCUT2D eigenvalue weighted by Crippen LogP contribution is 2.22. The Morgan fingerprint density at radius 3 is 2.74 bits per heavy atom. The minimum atomic E-state index is -1.13. The third kappa shape index (κ3) is 3.14. The summed E-state index contributed by atoms with van der Waals surface area (Å²) < 4.78 is 5.46. The second-order valence-corrected chi connectivity index (χ2v) is 6.27. The highest BCUT2D eigenvalue weighted by Gasteiger charge is 2.39. The molecule has 124 valence electrons.